The Labute approximate surface area is 115 Å². The summed E-state index contributed by atoms with van der Waals surface area (Å²) in [5.74, 6) is -1.09. The maximum absolute atomic E-state index is 12.9. The average molecular weight is 308 g/mol. The fourth-order valence-electron chi connectivity index (χ4n) is 1.40. The van der Waals surface area contributed by atoms with Crippen molar-refractivity contribution in [2.75, 3.05) is 6.61 Å². The number of rotatable bonds is 6. The van der Waals surface area contributed by atoms with Gasteiger partial charge in [-0.2, -0.15) is 17.2 Å². The highest BCUT2D eigenvalue weighted by molar-refractivity contribution is 7.86. The third-order valence-corrected chi connectivity index (χ3v) is 3.35. The van der Waals surface area contributed by atoms with Crippen LogP contribution in [-0.2, 0) is 21.3 Å². The predicted molar refractivity (Wildman–Crippen MR) is 67.2 cm³/mol. The van der Waals surface area contributed by atoms with Crippen LogP contribution in [0.2, 0.25) is 0 Å². The van der Waals surface area contributed by atoms with Gasteiger partial charge in [0.15, 0.2) is 6.61 Å². The number of aryl methyl sites for hydroxylation is 1. The fourth-order valence-corrected chi connectivity index (χ4v) is 1.61. The Morgan fingerprint density at radius 1 is 1.30 bits per heavy atom. The second-order valence-electron chi connectivity index (χ2n) is 4.14. The molecule has 5 nitrogen and oxygen atoms in total. The fraction of sp³-hybridized carbons (Fsp3) is 0.417. The van der Waals surface area contributed by atoms with E-state index in [1.165, 1.54) is 12.1 Å². The van der Waals surface area contributed by atoms with Crippen LogP contribution < -0.4 is 0 Å². The molecule has 0 aromatic heterocycles. The van der Waals surface area contributed by atoms with Crippen LogP contribution in [0.4, 0.5) is 8.78 Å². The van der Waals surface area contributed by atoms with Crippen molar-refractivity contribution in [3.05, 3.63) is 35.4 Å². The molecule has 0 bridgehead atoms. The lowest BCUT2D eigenvalue weighted by Gasteiger charge is -2.13. The normalized spacial score (nSPS) is 12.2. The van der Waals surface area contributed by atoms with Crippen molar-refractivity contribution in [3.8, 4) is 0 Å². The summed E-state index contributed by atoms with van der Waals surface area (Å²) in [6.45, 7) is 0.251. The van der Waals surface area contributed by atoms with E-state index in [1.54, 1.807) is 12.1 Å². The minimum Gasteiger partial charge on any atom is -0.454 e. The molecule has 0 saturated carbocycles. The van der Waals surface area contributed by atoms with Crippen LogP contribution in [0.3, 0.4) is 0 Å². The van der Waals surface area contributed by atoms with Crippen molar-refractivity contribution < 1.29 is 31.3 Å². The zero-order chi connectivity index (χ0) is 15.4. The minimum absolute atomic E-state index is 0.0241. The van der Waals surface area contributed by atoms with Crippen LogP contribution in [0, 0.1) is 0 Å². The van der Waals surface area contributed by atoms with Crippen molar-refractivity contribution in [1.82, 2.24) is 0 Å². The molecule has 0 saturated heterocycles. The van der Waals surface area contributed by atoms with E-state index in [9.17, 15) is 22.0 Å². The van der Waals surface area contributed by atoms with Crippen molar-refractivity contribution in [2.24, 2.45) is 0 Å². The number of hydrogen-bond donors (Lipinski definition) is 1. The van der Waals surface area contributed by atoms with E-state index in [2.05, 4.69) is 4.74 Å². The first-order valence-electron chi connectivity index (χ1n) is 5.78. The van der Waals surface area contributed by atoms with Crippen LogP contribution in [0.1, 0.15) is 29.3 Å². The average Bonchev–Trinajstić information content (AvgIpc) is 2.36. The monoisotopic (exact) mass is 308 g/mol. The van der Waals surface area contributed by atoms with E-state index in [-0.39, 0.29) is 5.56 Å². The largest absolute Gasteiger partial charge is 0.454 e. The Morgan fingerprint density at radius 2 is 1.85 bits per heavy atom. The minimum atomic E-state index is -5.60. The van der Waals surface area contributed by atoms with Crippen molar-refractivity contribution in [3.63, 3.8) is 0 Å². The summed E-state index contributed by atoms with van der Waals surface area (Å²) in [5.41, 5.74) is 1.00. The molecule has 1 aromatic carbocycles. The van der Waals surface area contributed by atoms with Gasteiger partial charge < -0.3 is 4.74 Å². The number of halogens is 2. The smallest absolute Gasteiger partial charge is 0.402 e. The second kappa shape index (κ2) is 6.27. The summed E-state index contributed by atoms with van der Waals surface area (Å²) in [5, 5.41) is -4.52. The highest BCUT2D eigenvalue weighted by atomic mass is 32.2. The number of hydrogen-bond acceptors (Lipinski definition) is 4. The zero-order valence-electron chi connectivity index (χ0n) is 10.7. The lowest BCUT2D eigenvalue weighted by molar-refractivity contribution is -0.00950. The molecule has 20 heavy (non-hydrogen) atoms. The SMILES string of the molecule is CCCc1ccc(C(=O)OCC(F)(F)S(=O)(=O)O)cc1. The maximum atomic E-state index is 12.9. The van der Waals surface area contributed by atoms with Gasteiger partial charge in [0, 0.05) is 0 Å². The van der Waals surface area contributed by atoms with Gasteiger partial charge in [0.2, 0.25) is 0 Å². The highest BCUT2D eigenvalue weighted by Gasteiger charge is 2.45. The van der Waals surface area contributed by atoms with Crippen LogP contribution in [0.25, 0.3) is 0 Å². The summed E-state index contributed by atoms with van der Waals surface area (Å²) in [6, 6.07) is 6.11. The van der Waals surface area contributed by atoms with Crippen molar-refractivity contribution >= 4 is 16.1 Å². The molecule has 0 aliphatic carbocycles. The molecular formula is C12H14F2O5S. The van der Waals surface area contributed by atoms with Crippen LogP contribution in [-0.4, -0.2) is 30.8 Å². The number of carbonyl (C=O) groups is 1. The van der Waals surface area contributed by atoms with E-state index < -0.39 is 27.9 Å². The van der Waals surface area contributed by atoms with E-state index >= 15 is 0 Å². The zero-order valence-corrected chi connectivity index (χ0v) is 11.5. The summed E-state index contributed by atoms with van der Waals surface area (Å²) in [4.78, 5) is 11.5. The van der Waals surface area contributed by atoms with Gasteiger partial charge in [-0.15, -0.1) is 0 Å². The predicted octanol–water partition coefficient (Wildman–Crippen LogP) is 2.28. The van der Waals surface area contributed by atoms with Gasteiger partial charge >= 0.3 is 21.3 Å². The number of ether oxygens (including phenoxy) is 1. The van der Waals surface area contributed by atoms with Gasteiger partial charge in [0.05, 0.1) is 5.56 Å². The molecule has 1 aromatic rings. The highest BCUT2D eigenvalue weighted by Crippen LogP contribution is 2.21. The molecule has 0 atom stereocenters. The van der Waals surface area contributed by atoms with Gasteiger partial charge in [0.25, 0.3) is 0 Å². The molecule has 0 unspecified atom stereocenters. The summed E-state index contributed by atoms with van der Waals surface area (Å²) < 4.78 is 58.8. The Morgan fingerprint density at radius 3 is 2.30 bits per heavy atom. The summed E-state index contributed by atoms with van der Waals surface area (Å²) >= 11 is 0. The Hall–Kier alpha value is -1.54. The Bertz CT molecular complexity index is 566. The standard InChI is InChI=1S/C12H14F2O5S/c1-2-3-9-4-6-10(7-5-9)11(15)19-8-12(13,14)20(16,17)18/h4-7H,2-3,8H2,1H3,(H,16,17,18). The lowest BCUT2D eigenvalue weighted by Crippen LogP contribution is -2.34. The first kappa shape index (κ1) is 16.5. The first-order valence-corrected chi connectivity index (χ1v) is 7.22. The second-order valence-corrected chi connectivity index (χ2v) is 5.68. The molecule has 0 heterocycles. The quantitative estimate of drug-likeness (QED) is 0.644. The molecule has 0 aliphatic rings. The number of carbonyl (C=O) groups excluding carboxylic acids is 1. The molecule has 8 heteroatoms. The van der Waals surface area contributed by atoms with Crippen LogP contribution >= 0.6 is 0 Å². The molecule has 0 spiro atoms. The molecule has 0 amide bonds. The Balaban J connectivity index is 2.68. The molecule has 1 N–H and O–H groups in total. The van der Waals surface area contributed by atoms with E-state index in [0.29, 0.717) is 0 Å². The van der Waals surface area contributed by atoms with Gasteiger partial charge in [-0.25, -0.2) is 4.79 Å². The first-order chi connectivity index (χ1) is 9.17. The van der Waals surface area contributed by atoms with E-state index in [0.717, 1.165) is 18.4 Å². The molecule has 0 aliphatic heterocycles. The summed E-state index contributed by atoms with van der Waals surface area (Å²) in [7, 11) is -5.60. The molecule has 0 radical (unpaired) electrons. The van der Waals surface area contributed by atoms with Crippen LogP contribution in [0.15, 0.2) is 24.3 Å². The van der Waals surface area contributed by atoms with Gasteiger partial charge in [-0.1, -0.05) is 25.5 Å². The lowest BCUT2D eigenvalue weighted by atomic mass is 10.1. The molecular weight excluding hydrogens is 294 g/mol. The number of benzene rings is 1. The third-order valence-electron chi connectivity index (χ3n) is 2.48. The number of alkyl halides is 2. The molecule has 1 rings (SSSR count). The molecule has 112 valence electrons. The topological polar surface area (TPSA) is 80.7 Å². The van der Waals surface area contributed by atoms with Gasteiger partial charge in [-0.05, 0) is 24.1 Å². The molecule has 0 fully saturated rings. The third kappa shape index (κ3) is 4.24. The summed E-state index contributed by atoms with van der Waals surface area (Å²) in [6.07, 6.45) is 1.74. The maximum Gasteiger partial charge on any atom is 0.402 e. The van der Waals surface area contributed by atoms with E-state index in [1.807, 2.05) is 6.92 Å². The Kier molecular flexibility index (Phi) is 5.18. The van der Waals surface area contributed by atoms with Crippen LogP contribution in [0.5, 0.6) is 0 Å². The van der Waals surface area contributed by atoms with Crippen molar-refractivity contribution in [2.45, 2.75) is 25.0 Å². The number of esters is 1. The van der Waals surface area contributed by atoms with Crippen molar-refractivity contribution in [1.29, 1.82) is 0 Å². The van der Waals surface area contributed by atoms with E-state index in [4.69, 9.17) is 4.55 Å². The van der Waals surface area contributed by atoms with Gasteiger partial charge in [-0.3, -0.25) is 4.55 Å². The van der Waals surface area contributed by atoms with Gasteiger partial charge in [0.1, 0.15) is 0 Å².